The lowest BCUT2D eigenvalue weighted by molar-refractivity contribution is -0.115. The van der Waals surface area contributed by atoms with Crippen molar-refractivity contribution in [3.05, 3.63) is 71.7 Å². The highest BCUT2D eigenvalue weighted by Crippen LogP contribution is 2.20. The number of carbonyl (C=O) groups is 1. The van der Waals surface area contributed by atoms with Crippen LogP contribution in [0.5, 0.6) is 0 Å². The molecular weight excluding hydrogens is 295 g/mol. The van der Waals surface area contributed by atoms with Crippen molar-refractivity contribution in [2.75, 3.05) is 5.32 Å². The molecular formula is C18H15FN2O2. The van der Waals surface area contributed by atoms with E-state index in [1.165, 1.54) is 6.07 Å². The number of nitrogens with one attached hydrogen (secondary N) is 1. The van der Waals surface area contributed by atoms with Crippen molar-refractivity contribution < 1.29 is 13.7 Å². The zero-order valence-corrected chi connectivity index (χ0v) is 12.5. The number of benzene rings is 2. The van der Waals surface area contributed by atoms with Gasteiger partial charge in [0.2, 0.25) is 5.91 Å². The van der Waals surface area contributed by atoms with E-state index in [0.717, 1.165) is 5.56 Å². The zero-order chi connectivity index (χ0) is 16.2. The number of aromatic nitrogens is 1. The van der Waals surface area contributed by atoms with Crippen LogP contribution in [0.25, 0.3) is 11.3 Å². The van der Waals surface area contributed by atoms with Crippen LogP contribution in [-0.4, -0.2) is 11.1 Å². The Balaban J connectivity index is 1.66. The van der Waals surface area contributed by atoms with Gasteiger partial charge in [-0.3, -0.25) is 4.79 Å². The van der Waals surface area contributed by atoms with Crippen LogP contribution in [0.15, 0.2) is 59.1 Å². The largest absolute Gasteiger partial charge is 0.356 e. The van der Waals surface area contributed by atoms with Crippen molar-refractivity contribution in [3.63, 3.8) is 0 Å². The topological polar surface area (TPSA) is 55.1 Å². The van der Waals surface area contributed by atoms with E-state index in [9.17, 15) is 9.18 Å². The Morgan fingerprint density at radius 3 is 2.70 bits per heavy atom. The molecule has 0 radical (unpaired) electrons. The number of nitrogens with zero attached hydrogens (tertiary/aromatic N) is 1. The lowest BCUT2D eigenvalue weighted by Gasteiger charge is -2.05. The average Bonchev–Trinajstić information content (AvgIpc) is 3.00. The van der Waals surface area contributed by atoms with E-state index < -0.39 is 0 Å². The molecule has 0 aliphatic rings. The van der Waals surface area contributed by atoms with E-state index in [0.29, 0.717) is 22.7 Å². The summed E-state index contributed by atoms with van der Waals surface area (Å²) in [6.45, 7) is 1.67. The van der Waals surface area contributed by atoms with Gasteiger partial charge in [0.05, 0.1) is 12.1 Å². The minimum absolute atomic E-state index is 0.0613. The van der Waals surface area contributed by atoms with Crippen LogP contribution in [0, 0.1) is 12.7 Å². The Labute approximate surface area is 132 Å². The van der Waals surface area contributed by atoms with Crippen LogP contribution in [0.1, 0.15) is 11.3 Å². The van der Waals surface area contributed by atoms with Gasteiger partial charge in [-0.1, -0.05) is 41.6 Å². The van der Waals surface area contributed by atoms with Gasteiger partial charge in [-0.05, 0) is 24.6 Å². The van der Waals surface area contributed by atoms with E-state index in [4.69, 9.17) is 4.52 Å². The molecule has 2 aromatic carbocycles. The summed E-state index contributed by atoms with van der Waals surface area (Å²) in [6.07, 6.45) is 0.0613. The second-order valence-corrected chi connectivity index (χ2v) is 5.24. The standard InChI is InChI=1S/C18H15FN2O2/c1-12-7-8-14(9-16(12)19)20-18(22)11-15-10-17(23-21-15)13-5-3-2-4-6-13/h2-10H,11H2,1H3,(H,20,22). The lowest BCUT2D eigenvalue weighted by atomic mass is 10.1. The average molecular weight is 310 g/mol. The van der Waals surface area contributed by atoms with Crippen molar-refractivity contribution >= 4 is 11.6 Å². The Bertz CT molecular complexity index is 828. The first-order valence-electron chi connectivity index (χ1n) is 7.19. The molecule has 1 N–H and O–H groups in total. The summed E-state index contributed by atoms with van der Waals surface area (Å²) in [5, 5.41) is 6.54. The van der Waals surface area contributed by atoms with E-state index >= 15 is 0 Å². The highest BCUT2D eigenvalue weighted by molar-refractivity contribution is 5.92. The Hall–Kier alpha value is -2.95. The SMILES string of the molecule is Cc1ccc(NC(=O)Cc2cc(-c3ccccc3)on2)cc1F. The van der Waals surface area contributed by atoms with Gasteiger partial charge in [-0.25, -0.2) is 4.39 Å². The zero-order valence-electron chi connectivity index (χ0n) is 12.5. The van der Waals surface area contributed by atoms with Gasteiger partial charge in [0, 0.05) is 17.3 Å². The molecule has 1 aromatic heterocycles. The molecule has 0 saturated carbocycles. The molecule has 3 rings (SSSR count). The van der Waals surface area contributed by atoms with Gasteiger partial charge in [0.15, 0.2) is 5.76 Å². The van der Waals surface area contributed by atoms with E-state index in [-0.39, 0.29) is 18.1 Å². The summed E-state index contributed by atoms with van der Waals surface area (Å²) in [6, 6.07) is 15.8. The van der Waals surface area contributed by atoms with Crippen LogP contribution in [0.2, 0.25) is 0 Å². The number of amides is 1. The van der Waals surface area contributed by atoms with Gasteiger partial charge < -0.3 is 9.84 Å². The summed E-state index contributed by atoms with van der Waals surface area (Å²) >= 11 is 0. The third-order valence-corrected chi connectivity index (χ3v) is 3.41. The molecule has 5 heteroatoms. The Morgan fingerprint density at radius 1 is 1.17 bits per heavy atom. The van der Waals surface area contributed by atoms with Gasteiger partial charge in [-0.2, -0.15) is 0 Å². The monoisotopic (exact) mass is 310 g/mol. The molecule has 23 heavy (non-hydrogen) atoms. The predicted octanol–water partition coefficient (Wildman–Crippen LogP) is 3.97. The van der Waals surface area contributed by atoms with Gasteiger partial charge in [-0.15, -0.1) is 0 Å². The summed E-state index contributed by atoms with van der Waals surface area (Å²) in [5.41, 5.74) is 2.37. The lowest BCUT2D eigenvalue weighted by Crippen LogP contribution is -2.14. The maximum absolute atomic E-state index is 13.5. The number of aryl methyl sites for hydroxylation is 1. The first-order chi connectivity index (χ1) is 11.1. The molecule has 0 saturated heterocycles. The summed E-state index contributed by atoms with van der Waals surface area (Å²) in [7, 11) is 0. The van der Waals surface area contributed by atoms with Crippen molar-refractivity contribution in [1.29, 1.82) is 0 Å². The number of halogens is 1. The summed E-state index contributed by atoms with van der Waals surface area (Å²) < 4.78 is 18.7. The molecule has 0 aliphatic carbocycles. The van der Waals surface area contributed by atoms with Gasteiger partial charge in [0.1, 0.15) is 5.82 Å². The molecule has 0 spiro atoms. The van der Waals surface area contributed by atoms with Crippen molar-refractivity contribution in [1.82, 2.24) is 5.16 Å². The third-order valence-electron chi connectivity index (χ3n) is 3.41. The first-order valence-corrected chi connectivity index (χ1v) is 7.19. The number of hydrogen-bond donors (Lipinski definition) is 1. The first kappa shape index (κ1) is 15.0. The summed E-state index contributed by atoms with van der Waals surface area (Å²) in [4.78, 5) is 12.0. The molecule has 116 valence electrons. The molecule has 0 unspecified atom stereocenters. The molecule has 0 atom stereocenters. The van der Waals surface area contributed by atoms with Crippen molar-refractivity contribution in [2.24, 2.45) is 0 Å². The second-order valence-electron chi connectivity index (χ2n) is 5.24. The smallest absolute Gasteiger partial charge is 0.230 e. The maximum Gasteiger partial charge on any atom is 0.230 e. The third kappa shape index (κ3) is 3.63. The summed E-state index contributed by atoms with van der Waals surface area (Å²) in [5.74, 6) is -0.0217. The quantitative estimate of drug-likeness (QED) is 0.793. The van der Waals surface area contributed by atoms with Crippen LogP contribution in [0.3, 0.4) is 0 Å². The predicted molar refractivity (Wildman–Crippen MR) is 85.4 cm³/mol. The van der Waals surface area contributed by atoms with E-state index in [2.05, 4.69) is 10.5 Å². The molecule has 0 aliphatic heterocycles. The highest BCUT2D eigenvalue weighted by Gasteiger charge is 2.11. The molecule has 4 nitrogen and oxygen atoms in total. The normalized spacial score (nSPS) is 10.5. The fourth-order valence-corrected chi connectivity index (χ4v) is 2.17. The van der Waals surface area contributed by atoms with E-state index in [1.807, 2.05) is 30.3 Å². The van der Waals surface area contributed by atoms with Crippen LogP contribution in [-0.2, 0) is 11.2 Å². The number of hydrogen-bond acceptors (Lipinski definition) is 3. The second kappa shape index (κ2) is 6.44. The van der Waals surface area contributed by atoms with Crippen LogP contribution < -0.4 is 5.32 Å². The molecule has 0 bridgehead atoms. The van der Waals surface area contributed by atoms with Gasteiger partial charge >= 0.3 is 0 Å². The fraction of sp³-hybridized carbons (Fsp3) is 0.111. The maximum atomic E-state index is 13.5. The molecule has 3 aromatic rings. The minimum atomic E-state index is -0.351. The number of rotatable bonds is 4. The fourth-order valence-electron chi connectivity index (χ4n) is 2.17. The molecule has 0 fully saturated rings. The van der Waals surface area contributed by atoms with Crippen molar-refractivity contribution in [2.45, 2.75) is 13.3 Å². The highest BCUT2D eigenvalue weighted by atomic mass is 19.1. The van der Waals surface area contributed by atoms with Gasteiger partial charge in [0.25, 0.3) is 0 Å². The van der Waals surface area contributed by atoms with Crippen LogP contribution in [0.4, 0.5) is 10.1 Å². The van der Waals surface area contributed by atoms with E-state index in [1.54, 1.807) is 25.1 Å². The minimum Gasteiger partial charge on any atom is -0.356 e. The number of anilines is 1. The molecule has 1 amide bonds. The number of carbonyl (C=O) groups excluding carboxylic acids is 1. The Kier molecular flexibility index (Phi) is 4.19. The van der Waals surface area contributed by atoms with Crippen molar-refractivity contribution in [3.8, 4) is 11.3 Å². The Morgan fingerprint density at radius 2 is 1.96 bits per heavy atom. The van der Waals surface area contributed by atoms with Crippen LogP contribution >= 0.6 is 0 Å². The molecule has 1 heterocycles.